The maximum Gasteiger partial charge on any atom is 0.328 e. The maximum absolute atomic E-state index is 11.8. The minimum Gasteiger partial charge on any atom is -0.493 e. The lowest BCUT2D eigenvalue weighted by Gasteiger charge is -2.18. The monoisotopic (exact) mass is 366 g/mol. The molecule has 0 aliphatic carbocycles. The molecule has 1 aliphatic rings. The van der Waals surface area contributed by atoms with Crippen molar-refractivity contribution < 1.29 is 23.9 Å². The van der Waals surface area contributed by atoms with Crippen LogP contribution >= 0.6 is 0 Å². The van der Waals surface area contributed by atoms with Gasteiger partial charge in [0.1, 0.15) is 11.7 Å². The fraction of sp³-hybridized carbons (Fsp3) is 0.150. The van der Waals surface area contributed by atoms with Crippen LogP contribution in [-0.4, -0.2) is 25.0 Å². The van der Waals surface area contributed by atoms with Gasteiger partial charge in [-0.3, -0.25) is 20.2 Å². The predicted octanol–water partition coefficient (Wildman–Crippen LogP) is 2.58. The Bertz CT molecular complexity index is 899. The van der Waals surface area contributed by atoms with E-state index in [0.717, 1.165) is 5.56 Å². The number of ether oxygens (including phenoxy) is 2. The second-order valence-electron chi connectivity index (χ2n) is 5.88. The van der Waals surface area contributed by atoms with E-state index in [1.54, 1.807) is 18.2 Å². The minimum absolute atomic E-state index is 0.164. The first-order valence-electron chi connectivity index (χ1n) is 8.26. The third-order valence-corrected chi connectivity index (χ3v) is 4.01. The van der Waals surface area contributed by atoms with E-state index in [-0.39, 0.29) is 11.7 Å². The molecule has 0 saturated carbocycles. The highest BCUT2D eigenvalue weighted by atomic mass is 16.5. The van der Waals surface area contributed by atoms with E-state index in [1.807, 2.05) is 47.9 Å². The molecule has 27 heavy (non-hydrogen) atoms. The standard InChI is InChI=1S/C20H18N2O5/c1-12(14-6-4-3-5-7-14)27-16-9-8-13(11-17(16)26-2)10-15-18(23)21-20(25)22-19(15)24/h3-12H,1-2H3,(H2,21,22,23,24,25)/t12-/m1/s1. The second-order valence-corrected chi connectivity index (χ2v) is 5.88. The zero-order valence-corrected chi connectivity index (χ0v) is 14.8. The Morgan fingerprint density at radius 2 is 1.59 bits per heavy atom. The molecule has 0 spiro atoms. The van der Waals surface area contributed by atoms with Crippen LogP contribution in [0.1, 0.15) is 24.2 Å². The highest BCUT2D eigenvalue weighted by Gasteiger charge is 2.27. The Morgan fingerprint density at radius 1 is 0.926 bits per heavy atom. The van der Waals surface area contributed by atoms with Crippen LogP contribution in [0.2, 0.25) is 0 Å². The quantitative estimate of drug-likeness (QED) is 0.627. The lowest BCUT2D eigenvalue weighted by molar-refractivity contribution is -0.123. The molecule has 1 saturated heterocycles. The average molecular weight is 366 g/mol. The Kier molecular flexibility index (Phi) is 5.21. The number of rotatable bonds is 5. The molecule has 2 N–H and O–H groups in total. The molecule has 7 heteroatoms. The van der Waals surface area contributed by atoms with Crippen LogP contribution < -0.4 is 20.1 Å². The summed E-state index contributed by atoms with van der Waals surface area (Å²) in [5, 5.41) is 4.06. The van der Waals surface area contributed by atoms with Crippen molar-refractivity contribution in [3.8, 4) is 11.5 Å². The average Bonchev–Trinajstić information content (AvgIpc) is 2.66. The third kappa shape index (κ3) is 4.14. The lowest BCUT2D eigenvalue weighted by atomic mass is 10.1. The Labute approximate surface area is 156 Å². The highest BCUT2D eigenvalue weighted by molar-refractivity contribution is 6.31. The van der Waals surface area contributed by atoms with Gasteiger partial charge in [0.2, 0.25) is 0 Å². The van der Waals surface area contributed by atoms with Crippen LogP contribution in [0.15, 0.2) is 54.1 Å². The normalized spacial score (nSPS) is 14.9. The number of nitrogens with one attached hydrogen (secondary N) is 2. The van der Waals surface area contributed by atoms with Gasteiger partial charge in [0.25, 0.3) is 11.8 Å². The fourth-order valence-corrected chi connectivity index (χ4v) is 2.63. The third-order valence-electron chi connectivity index (χ3n) is 4.01. The lowest BCUT2D eigenvalue weighted by Crippen LogP contribution is -2.51. The fourth-order valence-electron chi connectivity index (χ4n) is 2.63. The number of hydrogen-bond donors (Lipinski definition) is 2. The largest absolute Gasteiger partial charge is 0.493 e. The molecular formula is C20H18N2O5. The molecule has 0 bridgehead atoms. The number of urea groups is 1. The molecule has 1 aliphatic heterocycles. The molecule has 138 valence electrons. The summed E-state index contributed by atoms with van der Waals surface area (Å²) in [4.78, 5) is 34.8. The summed E-state index contributed by atoms with van der Waals surface area (Å²) in [5.74, 6) is -0.509. The first-order chi connectivity index (χ1) is 13.0. The van der Waals surface area contributed by atoms with Crippen molar-refractivity contribution in [3.05, 3.63) is 65.2 Å². The van der Waals surface area contributed by atoms with Gasteiger partial charge in [0.15, 0.2) is 11.5 Å². The van der Waals surface area contributed by atoms with Gasteiger partial charge in [0, 0.05) is 0 Å². The van der Waals surface area contributed by atoms with Gasteiger partial charge in [-0.1, -0.05) is 36.4 Å². The van der Waals surface area contributed by atoms with E-state index in [2.05, 4.69) is 0 Å². The summed E-state index contributed by atoms with van der Waals surface area (Å²) >= 11 is 0. The van der Waals surface area contributed by atoms with Gasteiger partial charge in [-0.15, -0.1) is 0 Å². The smallest absolute Gasteiger partial charge is 0.328 e. The topological polar surface area (TPSA) is 93.7 Å². The van der Waals surface area contributed by atoms with Crippen molar-refractivity contribution in [1.29, 1.82) is 0 Å². The molecule has 4 amide bonds. The molecule has 1 fully saturated rings. The Balaban J connectivity index is 1.84. The van der Waals surface area contributed by atoms with Crippen LogP contribution in [0.25, 0.3) is 6.08 Å². The Morgan fingerprint density at radius 3 is 2.22 bits per heavy atom. The molecule has 0 unspecified atom stereocenters. The maximum atomic E-state index is 11.8. The molecule has 2 aromatic carbocycles. The van der Waals surface area contributed by atoms with Crippen molar-refractivity contribution >= 4 is 23.9 Å². The van der Waals surface area contributed by atoms with E-state index in [0.29, 0.717) is 17.1 Å². The van der Waals surface area contributed by atoms with E-state index in [1.165, 1.54) is 13.2 Å². The molecule has 2 aromatic rings. The van der Waals surface area contributed by atoms with Crippen LogP contribution in [0.4, 0.5) is 4.79 Å². The molecular weight excluding hydrogens is 348 g/mol. The van der Waals surface area contributed by atoms with Crippen molar-refractivity contribution in [2.75, 3.05) is 7.11 Å². The van der Waals surface area contributed by atoms with Crippen LogP contribution in [0.3, 0.4) is 0 Å². The SMILES string of the molecule is COc1cc(C=C2C(=O)NC(=O)NC2=O)ccc1O[C@H](C)c1ccccc1. The van der Waals surface area contributed by atoms with Gasteiger partial charge in [-0.25, -0.2) is 4.79 Å². The summed E-state index contributed by atoms with van der Waals surface area (Å²) in [7, 11) is 1.50. The van der Waals surface area contributed by atoms with Gasteiger partial charge < -0.3 is 9.47 Å². The van der Waals surface area contributed by atoms with Crippen molar-refractivity contribution in [3.63, 3.8) is 0 Å². The number of imide groups is 2. The molecule has 1 atom stereocenters. The first-order valence-corrected chi connectivity index (χ1v) is 8.26. The Hall–Kier alpha value is -3.61. The number of barbiturate groups is 1. The van der Waals surface area contributed by atoms with Gasteiger partial charge in [-0.2, -0.15) is 0 Å². The summed E-state index contributed by atoms with van der Waals surface area (Å²) < 4.78 is 11.3. The zero-order chi connectivity index (χ0) is 19.4. The number of carbonyl (C=O) groups excluding carboxylic acids is 3. The second kappa shape index (κ2) is 7.74. The summed E-state index contributed by atoms with van der Waals surface area (Å²) in [6, 6.07) is 14.0. The number of carbonyl (C=O) groups is 3. The molecule has 0 aromatic heterocycles. The molecule has 3 rings (SSSR count). The van der Waals surface area contributed by atoms with Crippen LogP contribution in [-0.2, 0) is 9.59 Å². The van der Waals surface area contributed by atoms with Crippen molar-refractivity contribution in [2.45, 2.75) is 13.0 Å². The van der Waals surface area contributed by atoms with E-state index >= 15 is 0 Å². The van der Waals surface area contributed by atoms with Gasteiger partial charge >= 0.3 is 6.03 Å². The zero-order valence-electron chi connectivity index (χ0n) is 14.8. The van der Waals surface area contributed by atoms with E-state index < -0.39 is 17.8 Å². The number of amides is 4. The van der Waals surface area contributed by atoms with Gasteiger partial charge in [0.05, 0.1) is 7.11 Å². The van der Waals surface area contributed by atoms with Crippen LogP contribution in [0.5, 0.6) is 11.5 Å². The summed E-state index contributed by atoms with van der Waals surface area (Å²) in [5.41, 5.74) is 1.41. The van der Waals surface area contributed by atoms with Crippen molar-refractivity contribution in [2.24, 2.45) is 0 Å². The number of hydrogen-bond acceptors (Lipinski definition) is 5. The van der Waals surface area contributed by atoms with Gasteiger partial charge in [-0.05, 0) is 36.3 Å². The number of methoxy groups -OCH3 is 1. The first kappa shape index (κ1) is 18.2. The minimum atomic E-state index is -0.835. The predicted molar refractivity (Wildman–Crippen MR) is 98.1 cm³/mol. The molecule has 1 heterocycles. The molecule has 0 radical (unpaired) electrons. The summed E-state index contributed by atoms with van der Waals surface area (Å²) in [6.07, 6.45) is 1.19. The van der Waals surface area contributed by atoms with E-state index in [9.17, 15) is 14.4 Å². The highest BCUT2D eigenvalue weighted by Crippen LogP contribution is 2.32. The van der Waals surface area contributed by atoms with Crippen LogP contribution in [0, 0.1) is 0 Å². The number of benzene rings is 2. The summed E-state index contributed by atoms with van der Waals surface area (Å²) in [6.45, 7) is 1.93. The molecule has 7 nitrogen and oxygen atoms in total. The van der Waals surface area contributed by atoms with E-state index in [4.69, 9.17) is 9.47 Å². The van der Waals surface area contributed by atoms with Crippen molar-refractivity contribution in [1.82, 2.24) is 10.6 Å².